The topological polar surface area (TPSA) is 95.9 Å². The van der Waals surface area contributed by atoms with Crippen LogP contribution in [0.5, 0.6) is 5.75 Å². The lowest BCUT2D eigenvalue weighted by atomic mass is 9.68. The number of rotatable bonds is 0. The van der Waals surface area contributed by atoms with Crippen LogP contribution in [0.4, 0.5) is 5.69 Å². The van der Waals surface area contributed by atoms with E-state index in [1.807, 2.05) is 18.2 Å². The first-order valence-electron chi connectivity index (χ1n) is 14.4. The minimum Gasteiger partial charge on any atom is -0.490 e. The van der Waals surface area contributed by atoms with Crippen molar-refractivity contribution in [1.82, 2.24) is 4.72 Å². The molecule has 2 fully saturated rings. The molecule has 1 unspecified atom stereocenters. The molecule has 2 aromatic rings. The van der Waals surface area contributed by atoms with Crippen LogP contribution in [0.1, 0.15) is 60.0 Å². The van der Waals surface area contributed by atoms with Gasteiger partial charge in [0.2, 0.25) is 10.0 Å². The molecule has 1 spiro atoms. The van der Waals surface area contributed by atoms with Gasteiger partial charge < -0.3 is 14.7 Å². The average Bonchev–Trinajstić information content (AvgIpc) is 3.70. The highest BCUT2D eigenvalue weighted by atomic mass is 35.5. The number of hydrogen-bond acceptors (Lipinski definition) is 6. The quantitative estimate of drug-likeness (QED) is 0.441. The van der Waals surface area contributed by atoms with Gasteiger partial charge in [-0.25, -0.2) is 13.1 Å². The zero-order chi connectivity index (χ0) is 27.6. The SMILES string of the molecule is O=C1NS(=O)(=O)[C@@H]2CC2C/C=C/[C@H](O)[C@@H]2CC[C@H]2CN2C[C@@]3(CCCc4cc(Cl)ccc43)COc3ccc1cc32. The third-order valence-electron chi connectivity index (χ3n) is 9.93. The van der Waals surface area contributed by atoms with Gasteiger partial charge in [0.25, 0.3) is 5.91 Å². The highest BCUT2D eigenvalue weighted by Crippen LogP contribution is 2.47. The summed E-state index contributed by atoms with van der Waals surface area (Å²) in [5.41, 5.74) is 3.38. The van der Waals surface area contributed by atoms with E-state index in [1.54, 1.807) is 18.2 Å². The third kappa shape index (κ3) is 4.62. The van der Waals surface area contributed by atoms with E-state index in [1.165, 1.54) is 11.1 Å². The molecule has 2 bridgehead atoms. The number of nitrogens with zero attached hydrogens (tertiary/aromatic N) is 1. The standard InChI is InChI=1S/C31H35ClN2O5S/c32-23-8-10-25-19(13-23)4-2-12-31(25)17-34-16-22-6-9-24(22)27(35)5-1-3-20-15-29(20)40(37,38)33-30(36)21-7-11-28(39-18-31)26(34)14-21/h1,5,7-8,10-11,13-14,20,22,24,27,29,35H,2-4,6,9,12,15-18H2,(H,33,36)/b5-1+/t20?,22-,24+,27-,29+,31-/m0/s1. The van der Waals surface area contributed by atoms with E-state index >= 15 is 0 Å². The summed E-state index contributed by atoms with van der Waals surface area (Å²) >= 11 is 6.37. The van der Waals surface area contributed by atoms with Crippen LogP contribution in [0, 0.1) is 17.8 Å². The second-order valence-electron chi connectivity index (χ2n) is 12.5. The predicted octanol–water partition coefficient (Wildman–Crippen LogP) is 4.61. The molecule has 2 heterocycles. The Labute approximate surface area is 240 Å². The predicted molar refractivity (Wildman–Crippen MR) is 154 cm³/mol. The van der Waals surface area contributed by atoms with Crippen LogP contribution < -0.4 is 14.4 Å². The second-order valence-corrected chi connectivity index (χ2v) is 14.8. The number of halogens is 1. The lowest BCUT2D eigenvalue weighted by Crippen LogP contribution is -2.49. The molecule has 0 radical (unpaired) electrons. The molecule has 212 valence electrons. The largest absolute Gasteiger partial charge is 0.490 e. The van der Waals surface area contributed by atoms with Crippen LogP contribution in [0.15, 0.2) is 48.6 Å². The number of ether oxygens (including phenoxy) is 1. The normalized spacial score (nSPS) is 35.1. The van der Waals surface area contributed by atoms with Crippen molar-refractivity contribution in [1.29, 1.82) is 0 Å². The number of aliphatic hydroxyl groups is 1. The first-order valence-corrected chi connectivity index (χ1v) is 16.4. The molecule has 2 aliphatic heterocycles. The maximum absolute atomic E-state index is 13.2. The lowest BCUT2D eigenvalue weighted by Gasteiger charge is -2.45. The molecule has 7 nitrogen and oxygen atoms in total. The fourth-order valence-electron chi connectivity index (χ4n) is 7.46. The van der Waals surface area contributed by atoms with E-state index in [9.17, 15) is 18.3 Å². The number of benzene rings is 2. The summed E-state index contributed by atoms with van der Waals surface area (Å²) in [7, 11) is -3.79. The van der Waals surface area contributed by atoms with Crippen molar-refractivity contribution in [3.63, 3.8) is 0 Å². The highest BCUT2D eigenvalue weighted by Gasteiger charge is 2.48. The number of carbonyl (C=O) groups is 1. The van der Waals surface area contributed by atoms with Crippen molar-refractivity contribution < 1.29 is 23.1 Å². The smallest absolute Gasteiger partial charge is 0.264 e. The molecule has 6 atom stereocenters. The van der Waals surface area contributed by atoms with Gasteiger partial charge >= 0.3 is 0 Å². The molecule has 40 heavy (non-hydrogen) atoms. The number of amides is 1. The highest BCUT2D eigenvalue weighted by molar-refractivity contribution is 7.91. The number of fused-ring (bicyclic) bond motifs is 5. The molecular weight excluding hydrogens is 548 g/mol. The van der Waals surface area contributed by atoms with E-state index in [0.29, 0.717) is 43.2 Å². The van der Waals surface area contributed by atoms with Crippen molar-refractivity contribution in [3.05, 3.63) is 70.3 Å². The van der Waals surface area contributed by atoms with Gasteiger partial charge in [0, 0.05) is 29.1 Å². The first-order chi connectivity index (χ1) is 19.2. The minimum atomic E-state index is -3.79. The van der Waals surface area contributed by atoms with E-state index in [-0.39, 0.29) is 17.3 Å². The van der Waals surface area contributed by atoms with Crippen molar-refractivity contribution in [2.75, 3.05) is 24.6 Å². The van der Waals surface area contributed by atoms with Gasteiger partial charge in [-0.3, -0.25) is 4.79 Å². The average molecular weight is 583 g/mol. The second kappa shape index (κ2) is 9.78. The molecule has 2 N–H and O–H groups in total. The number of aryl methyl sites for hydroxylation is 1. The monoisotopic (exact) mass is 582 g/mol. The number of carbonyl (C=O) groups excluding carboxylic acids is 1. The third-order valence-corrected chi connectivity index (χ3v) is 12.0. The van der Waals surface area contributed by atoms with Crippen molar-refractivity contribution in [3.8, 4) is 5.75 Å². The fourth-order valence-corrected chi connectivity index (χ4v) is 9.30. The number of anilines is 1. The number of nitrogens with one attached hydrogen (secondary N) is 1. The Morgan fingerprint density at radius 2 is 2.00 bits per heavy atom. The number of aliphatic hydroxyl groups excluding tert-OH is 1. The number of allylic oxidation sites excluding steroid dienone is 1. The van der Waals surface area contributed by atoms with Gasteiger partial charge in [0.05, 0.1) is 23.6 Å². The summed E-state index contributed by atoms with van der Waals surface area (Å²) in [6, 6.07) is 11.4. The van der Waals surface area contributed by atoms with Gasteiger partial charge in [0.15, 0.2) is 0 Å². The maximum atomic E-state index is 13.2. The van der Waals surface area contributed by atoms with Crippen LogP contribution in [0.2, 0.25) is 5.02 Å². The Morgan fingerprint density at radius 3 is 2.83 bits per heavy atom. The molecule has 0 saturated heterocycles. The fraction of sp³-hybridized carbons (Fsp3) is 0.516. The van der Waals surface area contributed by atoms with Crippen LogP contribution in [0.3, 0.4) is 0 Å². The molecule has 9 heteroatoms. The van der Waals surface area contributed by atoms with Crippen LogP contribution in [-0.2, 0) is 21.9 Å². The Balaban J connectivity index is 1.29. The zero-order valence-electron chi connectivity index (χ0n) is 22.4. The summed E-state index contributed by atoms with van der Waals surface area (Å²) in [5.74, 6) is 0.506. The maximum Gasteiger partial charge on any atom is 0.264 e. The van der Waals surface area contributed by atoms with Crippen LogP contribution in [-0.4, -0.2) is 50.5 Å². The number of hydrogen-bond donors (Lipinski definition) is 2. The van der Waals surface area contributed by atoms with Crippen molar-refractivity contribution in [2.24, 2.45) is 17.8 Å². The Kier molecular flexibility index (Phi) is 6.44. The zero-order valence-corrected chi connectivity index (χ0v) is 24.0. The molecule has 7 rings (SSSR count). The van der Waals surface area contributed by atoms with Gasteiger partial charge in [0.1, 0.15) is 5.75 Å². The van der Waals surface area contributed by atoms with Gasteiger partial charge in [-0.15, -0.1) is 0 Å². The first kappa shape index (κ1) is 26.4. The summed E-state index contributed by atoms with van der Waals surface area (Å²) < 4.78 is 34.7. The Bertz CT molecular complexity index is 1490. The summed E-state index contributed by atoms with van der Waals surface area (Å²) in [6.07, 6.45) is 9.31. The van der Waals surface area contributed by atoms with E-state index < -0.39 is 27.3 Å². The van der Waals surface area contributed by atoms with E-state index in [0.717, 1.165) is 49.4 Å². The summed E-state index contributed by atoms with van der Waals surface area (Å²) in [6.45, 7) is 1.94. The lowest BCUT2D eigenvalue weighted by molar-refractivity contribution is 0.0456. The molecule has 0 aromatic heterocycles. The van der Waals surface area contributed by atoms with Crippen LogP contribution in [0.25, 0.3) is 0 Å². The Morgan fingerprint density at radius 1 is 1.12 bits per heavy atom. The van der Waals surface area contributed by atoms with Gasteiger partial charge in [-0.2, -0.15) is 0 Å². The summed E-state index contributed by atoms with van der Waals surface area (Å²) in [5, 5.41) is 11.2. The van der Waals surface area contributed by atoms with Crippen molar-refractivity contribution in [2.45, 2.75) is 61.7 Å². The van der Waals surface area contributed by atoms with Crippen LogP contribution >= 0.6 is 11.6 Å². The van der Waals surface area contributed by atoms with E-state index in [2.05, 4.69) is 21.8 Å². The molecule has 5 aliphatic rings. The number of sulfonamides is 1. The summed E-state index contributed by atoms with van der Waals surface area (Å²) in [4.78, 5) is 15.5. The molecule has 2 saturated carbocycles. The molecule has 1 amide bonds. The minimum absolute atomic E-state index is 0.0285. The molecule has 2 aromatic carbocycles. The van der Waals surface area contributed by atoms with Gasteiger partial charge in [-0.1, -0.05) is 29.8 Å². The molecular formula is C31H35ClN2O5S. The Hall–Kier alpha value is -2.55. The van der Waals surface area contributed by atoms with Crippen molar-refractivity contribution >= 4 is 33.2 Å². The van der Waals surface area contributed by atoms with E-state index in [4.69, 9.17) is 16.3 Å². The molecule has 3 aliphatic carbocycles. The van der Waals surface area contributed by atoms with Gasteiger partial charge in [-0.05, 0) is 104 Å².